The number of nitrogens with two attached hydrogens (primary N) is 1. The fourth-order valence-corrected chi connectivity index (χ4v) is 4.50. The highest BCUT2D eigenvalue weighted by Gasteiger charge is 2.32. The van der Waals surface area contributed by atoms with Crippen molar-refractivity contribution < 1.29 is 19.4 Å². The quantitative estimate of drug-likeness (QED) is 0.318. The number of rotatable bonds is 10. The Morgan fingerprint density at radius 1 is 1.30 bits per heavy atom. The van der Waals surface area contributed by atoms with Crippen LogP contribution in [0.5, 0.6) is 0 Å². The molecular weight excluding hydrogens is 313 g/mol. The van der Waals surface area contributed by atoms with E-state index in [4.69, 9.17) is 5.73 Å². The molecule has 1 aliphatic rings. The van der Waals surface area contributed by atoms with Gasteiger partial charge in [0.2, 0.25) is 0 Å². The highest BCUT2D eigenvalue weighted by molar-refractivity contribution is 7.39. The fourth-order valence-electron chi connectivity index (χ4n) is 3.49. The second-order valence-electron chi connectivity index (χ2n) is 6.68. The van der Waals surface area contributed by atoms with Crippen LogP contribution in [0.1, 0.15) is 71.1 Å². The molecule has 0 radical (unpaired) electrons. The third-order valence-corrected chi connectivity index (χ3v) is 6.05. The van der Waals surface area contributed by atoms with Gasteiger partial charge in [-0.3, -0.25) is 4.57 Å². The van der Waals surface area contributed by atoms with Crippen LogP contribution in [-0.4, -0.2) is 27.7 Å². The van der Waals surface area contributed by atoms with E-state index in [-0.39, 0.29) is 5.57 Å². The van der Waals surface area contributed by atoms with Crippen LogP contribution >= 0.6 is 8.03 Å². The summed E-state index contributed by atoms with van der Waals surface area (Å²) in [7, 11) is -3.03. The fraction of sp³-hybridized carbons (Fsp3) is 0.824. The van der Waals surface area contributed by atoms with Gasteiger partial charge in [-0.1, -0.05) is 57.9 Å². The zero-order valence-electron chi connectivity index (χ0n) is 14.2. The van der Waals surface area contributed by atoms with Gasteiger partial charge in [0.15, 0.2) is 8.03 Å². The molecule has 3 unspecified atom stereocenters. The minimum atomic E-state index is -3.03. The predicted octanol–water partition coefficient (Wildman–Crippen LogP) is 3.71. The Labute approximate surface area is 140 Å². The lowest BCUT2D eigenvalue weighted by molar-refractivity contribution is -0.132. The summed E-state index contributed by atoms with van der Waals surface area (Å²) in [5.41, 5.74) is 5.29. The summed E-state index contributed by atoms with van der Waals surface area (Å²) in [5.74, 6) is -0.657. The van der Waals surface area contributed by atoms with Gasteiger partial charge >= 0.3 is 5.97 Å². The first-order valence-electron chi connectivity index (χ1n) is 8.89. The highest BCUT2D eigenvalue weighted by atomic mass is 31.1. The number of aliphatic carboxylic acids is 1. The smallest absolute Gasteiger partial charge is 0.332 e. The van der Waals surface area contributed by atoms with Crippen molar-refractivity contribution in [3.8, 4) is 0 Å². The largest absolute Gasteiger partial charge is 0.478 e. The zero-order chi connectivity index (χ0) is 17.2. The average Bonchev–Trinajstić information content (AvgIpc) is 2.50. The zero-order valence-corrected chi connectivity index (χ0v) is 15.2. The summed E-state index contributed by atoms with van der Waals surface area (Å²) >= 11 is 0. The van der Waals surface area contributed by atoms with Gasteiger partial charge in [0.1, 0.15) is 0 Å². The van der Waals surface area contributed by atoms with Gasteiger partial charge in [-0.25, -0.2) is 4.79 Å². The van der Waals surface area contributed by atoms with E-state index < -0.39 is 25.7 Å². The SMILES string of the molecule is CCCCC/C=C(/C(=O)O)C(C(N)CC1CCCCC1)[PH](=O)O. The first kappa shape index (κ1) is 20.4. The third kappa shape index (κ3) is 7.19. The van der Waals surface area contributed by atoms with Gasteiger partial charge in [0.05, 0.1) is 5.66 Å². The number of unbranched alkanes of at least 4 members (excludes halogenated alkanes) is 3. The Kier molecular flexibility index (Phi) is 9.77. The average molecular weight is 345 g/mol. The Balaban J connectivity index is 2.78. The number of hydrogen-bond donors (Lipinski definition) is 3. The van der Waals surface area contributed by atoms with Gasteiger partial charge < -0.3 is 15.7 Å². The van der Waals surface area contributed by atoms with Crippen molar-refractivity contribution >= 4 is 14.0 Å². The van der Waals surface area contributed by atoms with Crippen LogP contribution in [0.4, 0.5) is 0 Å². The third-order valence-electron chi connectivity index (χ3n) is 4.78. The maximum Gasteiger partial charge on any atom is 0.332 e. The summed E-state index contributed by atoms with van der Waals surface area (Å²) in [6, 6.07) is -0.553. The molecule has 0 aromatic carbocycles. The predicted molar refractivity (Wildman–Crippen MR) is 94.0 cm³/mol. The van der Waals surface area contributed by atoms with Crippen LogP contribution in [0, 0.1) is 5.92 Å². The highest BCUT2D eigenvalue weighted by Crippen LogP contribution is 2.36. The van der Waals surface area contributed by atoms with Crippen LogP contribution < -0.4 is 5.73 Å². The van der Waals surface area contributed by atoms with Crippen molar-refractivity contribution in [2.75, 3.05) is 0 Å². The molecule has 0 amide bonds. The molecule has 1 fully saturated rings. The number of carboxylic acids is 1. The van der Waals surface area contributed by atoms with E-state index in [2.05, 4.69) is 6.92 Å². The number of carboxylic acid groups (broad SMARTS) is 1. The molecule has 0 aromatic heterocycles. The lowest BCUT2D eigenvalue weighted by atomic mass is 9.83. The van der Waals surface area contributed by atoms with E-state index in [1.165, 1.54) is 19.3 Å². The Morgan fingerprint density at radius 3 is 2.48 bits per heavy atom. The van der Waals surface area contributed by atoms with Crippen molar-refractivity contribution in [1.82, 2.24) is 0 Å². The van der Waals surface area contributed by atoms with Crippen molar-refractivity contribution in [1.29, 1.82) is 0 Å². The summed E-state index contributed by atoms with van der Waals surface area (Å²) in [4.78, 5) is 21.2. The van der Waals surface area contributed by atoms with E-state index in [1.807, 2.05) is 0 Å². The van der Waals surface area contributed by atoms with Crippen LogP contribution in [0.15, 0.2) is 11.6 Å². The molecule has 0 aliphatic heterocycles. The molecular formula is C17H32NO4P. The first-order chi connectivity index (χ1) is 11.0. The van der Waals surface area contributed by atoms with E-state index in [1.54, 1.807) is 6.08 Å². The Bertz CT molecular complexity index is 419. The minimum Gasteiger partial charge on any atom is -0.478 e. The summed E-state index contributed by atoms with van der Waals surface area (Å²) in [6.45, 7) is 2.08. The van der Waals surface area contributed by atoms with E-state index in [0.29, 0.717) is 18.8 Å². The normalized spacial score (nSPS) is 20.9. The van der Waals surface area contributed by atoms with Crippen LogP contribution in [-0.2, 0) is 9.36 Å². The maximum atomic E-state index is 11.8. The Hall–Kier alpha value is -0.640. The molecule has 0 heterocycles. The maximum absolute atomic E-state index is 11.8. The van der Waals surface area contributed by atoms with Gasteiger partial charge in [-0.05, 0) is 25.2 Å². The molecule has 134 valence electrons. The van der Waals surface area contributed by atoms with Gasteiger partial charge in [0.25, 0.3) is 0 Å². The summed E-state index contributed by atoms with van der Waals surface area (Å²) in [6.07, 6.45) is 11.6. The number of allylic oxidation sites excluding steroid dienone is 1. The molecule has 0 aromatic rings. The van der Waals surface area contributed by atoms with Crippen molar-refractivity contribution in [3.05, 3.63) is 11.6 Å². The Morgan fingerprint density at radius 2 is 1.96 bits per heavy atom. The van der Waals surface area contributed by atoms with E-state index in [9.17, 15) is 19.4 Å². The van der Waals surface area contributed by atoms with Crippen molar-refractivity contribution in [2.45, 2.75) is 82.8 Å². The molecule has 0 spiro atoms. The molecule has 1 aliphatic carbocycles. The van der Waals surface area contributed by atoms with Crippen LogP contribution in [0.2, 0.25) is 0 Å². The molecule has 0 saturated heterocycles. The summed E-state index contributed by atoms with van der Waals surface area (Å²) < 4.78 is 11.8. The standard InChI is InChI=1S/C17H32NO4P/c1-2-3-4-8-11-14(17(19)20)16(23(21)22)15(18)12-13-9-6-5-7-10-13/h11,13,15-16,23H,2-10,12,18H2,1H3,(H,19,20)(H,21,22)/b14-11+. The molecule has 5 nitrogen and oxygen atoms in total. The lowest BCUT2D eigenvalue weighted by Crippen LogP contribution is -2.38. The molecule has 3 atom stereocenters. The topological polar surface area (TPSA) is 101 Å². The van der Waals surface area contributed by atoms with E-state index in [0.717, 1.165) is 32.1 Å². The number of carbonyl (C=O) groups is 1. The molecule has 0 bridgehead atoms. The molecule has 23 heavy (non-hydrogen) atoms. The molecule has 1 rings (SSSR count). The van der Waals surface area contributed by atoms with Crippen LogP contribution in [0.25, 0.3) is 0 Å². The van der Waals surface area contributed by atoms with Crippen LogP contribution in [0.3, 0.4) is 0 Å². The monoisotopic (exact) mass is 345 g/mol. The second kappa shape index (κ2) is 11.0. The van der Waals surface area contributed by atoms with Crippen molar-refractivity contribution in [3.63, 3.8) is 0 Å². The molecule has 4 N–H and O–H groups in total. The van der Waals surface area contributed by atoms with Crippen molar-refractivity contribution in [2.24, 2.45) is 11.7 Å². The molecule has 1 saturated carbocycles. The lowest BCUT2D eigenvalue weighted by Gasteiger charge is -2.28. The van der Waals surface area contributed by atoms with E-state index >= 15 is 0 Å². The summed E-state index contributed by atoms with van der Waals surface area (Å²) in [5, 5.41) is 9.45. The van der Waals surface area contributed by atoms with Gasteiger partial charge in [-0.15, -0.1) is 0 Å². The second-order valence-corrected chi connectivity index (χ2v) is 7.98. The van der Waals surface area contributed by atoms with Gasteiger partial charge in [0, 0.05) is 11.6 Å². The first-order valence-corrected chi connectivity index (χ1v) is 10.3. The minimum absolute atomic E-state index is 0.0378. The van der Waals surface area contributed by atoms with Gasteiger partial charge in [-0.2, -0.15) is 0 Å². The molecule has 6 heteroatoms. The number of hydrogen-bond acceptors (Lipinski definition) is 3.